The number of aliphatic hydroxyl groups excluding tert-OH is 3. The molecule has 0 spiro atoms. The number of carbonyl (C=O) groups excluding carboxylic acids is 1. The van der Waals surface area contributed by atoms with Crippen molar-refractivity contribution < 1.29 is 24.9 Å². The summed E-state index contributed by atoms with van der Waals surface area (Å²) in [6.07, 6.45) is -1.71. The molecule has 3 aliphatic heterocycles. The summed E-state index contributed by atoms with van der Waals surface area (Å²) in [5.41, 5.74) is 0.969. The second kappa shape index (κ2) is 6.76. The van der Waals surface area contributed by atoms with Gasteiger partial charge in [0.15, 0.2) is 12.4 Å². The molecule has 1 saturated heterocycles. The number of benzene rings is 1. The van der Waals surface area contributed by atoms with E-state index in [9.17, 15) is 20.1 Å². The maximum Gasteiger partial charge on any atom is 0.248 e. The molecular weight excluding hydrogens is 340 g/mol. The zero-order valence-corrected chi connectivity index (χ0v) is 13.9. The monoisotopic (exact) mass is 360 g/mol. The van der Waals surface area contributed by atoms with Gasteiger partial charge in [-0.25, -0.2) is 5.01 Å². The van der Waals surface area contributed by atoms with Crippen LogP contribution in [0.5, 0.6) is 0 Å². The van der Waals surface area contributed by atoms with Crippen molar-refractivity contribution >= 4 is 5.91 Å². The van der Waals surface area contributed by atoms with Gasteiger partial charge in [0.25, 0.3) is 0 Å². The molecule has 26 heavy (non-hydrogen) atoms. The highest BCUT2D eigenvalue weighted by Crippen LogP contribution is 2.33. The number of aliphatic hydroxyl groups is 3. The summed E-state index contributed by atoms with van der Waals surface area (Å²) in [6.45, 7) is -0.0315. The lowest BCUT2D eigenvalue weighted by Gasteiger charge is -2.36. The first-order chi connectivity index (χ1) is 12.6. The number of ether oxygens (including phenoxy) is 1. The van der Waals surface area contributed by atoms with Crippen LogP contribution in [0.2, 0.25) is 0 Å². The van der Waals surface area contributed by atoms with E-state index in [1.54, 1.807) is 11.0 Å². The average Bonchev–Trinajstić information content (AvgIpc) is 3.20. The van der Waals surface area contributed by atoms with Gasteiger partial charge in [0.1, 0.15) is 24.4 Å². The van der Waals surface area contributed by atoms with Gasteiger partial charge in [-0.2, -0.15) is 0 Å². The zero-order valence-electron chi connectivity index (χ0n) is 13.9. The molecule has 3 heterocycles. The molecule has 1 fully saturated rings. The van der Waals surface area contributed by atoms with Crippen LogP contribution in [0.3, 0.4) is 0 Å². The van der Waals surface area contributed by atoms with Gasteiger partial charge in [-0.05, 0) is 5.56 Å². The first-order valence-corrected chi connectivity index (χ1v) is 8.44. The number of nitrogens with zero attached hydrogens (tertiary/aromatic N) is 4. The van der Waals surface area contributed by atoms with Gasteiger partial charge in [0.05, 0.1) is 6.61 Å². The van der Waals surface area contributed by atoms with Gasteiger partial charge >= 0.3 is 0 Å². The Balaban J connectivity index is 1.54. The highest BCUT2D eigenvalue weighted by Gasteiger charge is 2.51. The van der Waals surface area contributed by atoms with Crippen LogP contribution in [0, 0.1) is 0 Å². The molecule has 1 aromatic rings. The SMILES string of the molecule is O=C1C=C[C@H]2[C@@H](N=NN2[C@@H]2O[C@@H](CO)[C@@H](O)[C@H]2O)N1Cc1ccccc1. The molecule has 9 nitrogen and oxygen atoms in total. The second-order valence-corrected chi connectivity index (χ2v) is 6.53. The molecule has 6 atom stereocenters. The largest absolute Gasteiger partial charge is 0.394 e. The van der Waals surface area contributed by atoms with Crippen LogP contribution in [0.25, 0.3) is 0 Å². The standard InChI is InChI=1S/C17H20N4O5/c22-9-12-14(24)15(25)17(26-12)21-11-6-7-13(23)20(16(11)18-19-21)8-10-4-2-1-3-5-10/h1-7,11-12,14-17,22,24-25H,8-9H2/t11-,12-,14+,15+,16-,17+/m0/s1. The fraction of sp³-hybridized carbons (Fsp3) is 0.471. The van der Waals surface area contributed by atoms with E-state index in [0.717, 1.165) is 5.56 Å². The maximum atomic E-state index is 12.3. The predicted molar refractivity (Wildman–Crippen MR) is 88.2 cm³/mol. The van der Waals surface area contributed by atoms with Crippen molar-refractivity contribution in [2.45, 2.75) is 43.3 Å². The topological polar surface area (TPSA) is 118 Å². The summed E-state index contributed by atoms with van der Waals surface area (Å²) in [5, 5.41) is 39.1. The molecule has 9 heteroatoms. The van der Waals surface area contributed by atoms with Gasteiger partial charge < -0.3 is 25.0 Å². The van der Waals surface area contributed by atoms with E-state index in [4.69, 9.17) is 4.74 Å². The minimum atomic E-state index is -1.24. The van der Waals surface area contributed by atoms with Crippen LogP contribution in [-0.4, -0.2) is 74.5 Å². The van der Waals surface area contributed by atoms with E-state index in [1.807, 2.05) is 30.3 Å². The first kappa shape index (κ1) is 17.1. The number of hydrogen-bond donors (Lipinski definition) is 3. The number of fused-ring (bicyclic) bond motifs is 1. The van der Waals surface area contributed by atoms with Crippen molar-refractivity contribution in [3.8, 4) is 0 Å². The van der Waals surface area contributed by atoms with Crippen LogP contribution in [0.1, 0.15) is 5.56 Å². The molecule has 3 N–H and O–H groups in total. The van der Waals surface area contributed by atoms with E-state index < -0.39 is 43.4 Å². The number of rotatable bonds is 4. The van der Waals surface area contributed by atoms with Crippen molar-refractivity contribution in [2.75, 3.05) is 6.61 Å². The number of amides is 1. The quantitative estimate of drug-likeness (QED) is 0.660. The Hall–Kier alpha value is -2.33. The van der Waals surface area contributed by atoms with Gasteiger partial charge in [-0.3, -0.25) is 4.79 Å². The van der Waals surface area contributed by atoms with Crippen molar-refractivity contribution in [3.63, 3.8) is 0 Å². The predicted octanol–water partition coefficient (Wildman–Crippen LogP) is -0.599. The van der Waals surface area contributed by atoms with Crippen molar-refractivity contribution in [1.29, 1.82) is 0 Å². The Labute approximate surface area is 149 Å². The minimum absolute atomic E-state index is 0.169. The molecule has 1 amide bonds. The van der Waals surface area contributed by atoms with E-state index in [1.165, 1.54) is 11.1 Å². The minimum Gasteiger partial charge on any atom is -0.394 e. The van der Waals surface area contributed by atoms with E-state index in [-0.39, 0.29) is 5.91 Å². The summed E-state index contributed by atoms with van der Waals surface area (Å²) in [5.74, 6) is -0.169. The average molecular weight is 360 g/mol. The third-order valence-electron chi connectivity index (χ3n) is 4.90. The van der Waals surface area contributed by atoms with Crippen molar-refractivity contribution in [1.82, 2.24) is 9.91 Å². The number of carbonyl (C=O) groups is 1. The molecule has 3 aliphatic rings. The summed E-state index contributed by atoms with van der Waals surface area (Å²) in [6, 6.07) is 9.15. The van der Waals surface area contributed by atoms with Gasteiger partial charge in [-0.1, -0.05) is 41.6 Å². The number of hydrogen-bond acceptors (Lipinski definition) is 8. The fourth-order valence-electron chi connectivity index (χ4n) is 3.49. The van der Waals surface area contributed by atoms with Crippen LogP contribution in [-0.2, 0) is 16.1 Å². The lowest BCUT2D eigenvalue weighted by atomic mass is 10.1. The second-order valence-electron chi connectivity index (χ2n) is 6.53. The Kier molecular flexibility index (Phi) is 4.45. The molecule has 0 saturated carbocycles. The molecule has 0 radical (unpaired) electrons. The Morgan fingerprint density at radius 3 is 2.62 bits per heavy atom. The molecule has 138 valence electrons. The van der Waals surface area contributed by atoms with Gasteiger partial charge in [0, 0.05) is 12.6 Å². The normalized spacial score (nSPS) is 36.0. The zero-order chi connectivity index (χ0) is 18.3. The third-order valence-corrected chi connectivity index (χ3v) is 4.90. The summed E-state index contributed by atoms with van der Waals surface area (Å²) in [4.78, 5) is 14.0. The van der Waals surface area contributed by atoms with E-state index in [2.05, 4.69) is 10.3 Å². The third kappa shape index (κ3) is 2.78. The summed E-state index contributed by atoms with van der Waals surface area (Å²) < 4.78 is 5.53. The molecule has 0 unspecified atom stereocenters. The summed E-state index contributed by atoms with van der Waals surface area (Å²) >= 11 is 0. The molecule has 4 rings (SSSR count). The molecule has 0 bridgehead atoms. The van der Waals surface area contributed by atoms with Crippen molar-refractivity contribution in [3.05, 3.63) is 48.0 Å². The highest BCUT2D eigenvalue weighted by atomic mass is 16.6. The van der Waals surface area contributed by atoms with E-state index >= 15 is 0 Å². The van der Waals surface area contributed by atoms with Crippen LogP contribution < -0.4 is 0 Å². The van der Waals surface area contributed by atoms with Crippen LogP contribution >= 0.6 is 0 Å². The molecule has 0 aromatic heterocycles. The Morgan fingerprint density at radius 2 is 1.92 bits per heavy atom. The Morgan fingerprint density at radius 1 is 1.15 bits per heavy atom. The first-order valence-electron chi connectivity index (χ1n) is 8.44. The highest BCUT2D eigenvalue weighted by molar-refractivity contribution is 5.89. The maximum absolute atomic E-state index is 12.3. The fourth-order valence-corrected chi connectivity index (χ4v) is 3.49. The smallest absolute Gasteiger partial charge is 0.248 e. The van der Waals surface area contributed by atoms with Crippen molar-refractivity contribution in [2.24, 2.45) is 10.3 Å². The molecule has 1 aromatic carbocycles. The lowest BCUT2D eigenvalue weighted by Crippen LogP contribution is -2.53. The van der Waals surface area contributed by atoms with Gasteiger partial charge in [-0.15, -0.1) is 5.11 Å². The van der Waals surface area contributed by atoms with Gasteiger partial charge in [0.2, 0.25) is 5.91 Å². The summed E-state index contributed by atoms with van der Waals surface area (Å²) in [7, 11) is 0. The lowest BCUT2D eigenvalue weighted by molar-refractivity contribution is -0.133. The molecular formula is C17H20N4O5. The van der Waals surface area contributed by atoms with Crippen LogP contribution in [0.15, 0.2) is 52.8 Å². The van der Waals surface area contributed by atoms with Crippen LogP contribution in [0.4, 0.5) is 0 Å². The Bertz CT molecular complexity index is 727. The molecule has 0 aliphatic carbocycles. The van der Waals surface area contributed by atoms with E-state index in [0.29, 0.717) is 6.54 Å².